The van der Waals surface area contributed by atoms with E-state index in [1.54, 1.807) is 6.92 Å². The van der Waals surface area contributed by atoms with Gasteiger partial charge in [-0.2, -0.15) is 41.3 Å². The number of aromatic nitrogens is 4. The van der Waals surface area contributed by atoms with Crippen LogP contribution in [0.2, 0.25) is 0 Å². The number of nitrogens with zero attached hydrogens (tertiary/aromatic N) is 5. The molecule has 0 unspecified atom stereocenters. The van der Waals surface area contributed by atoms with Crippen LogP contribution in [0.5, 0.6) is 6.01 Å². The van der Waals surface area contributed by atoms with Crippen molar-refractivity contribution >= 4 is 5.91 Å². The minimum atomic E-state index is -5.10. The first kappa shape index (κ1) is 25.5. The number of halogens is 6. The zero-order valence-electron chi connectivity index (χ0n) is 18.1. The van der Waals surface area contributed by atoms with Gasteiger partial charge < -0.3 is 10.1 Å². The Morgan fingerprint density at radius 1 is 1.14 bits per heavy atom. The Hall–Kier alpha value is -4.15. The quantitative estimate of drug-likeness (QED) is 0.503. The summed E-state index contributed by atoms with van der Waals surface area (Å²) in [7, 11) is 0. The second-order valence-corrected chi connectivity index (χ2v) is 7.10. The molecule has 3 aromatic rings. The molecule has 0 spiro atoms. The van der Waals surface area contributed by atoms with E-state index in [2.05, 4.69) is 20.4 Å². The van der Waals surface area contributed by atoms with Crippen LogP contribution in [0.15, 0.2) is 36.5 Å². The first-order valence-electron chi connectivity index (χ1n) is 9.90. The molecule has 0 saturated heterocycles. The maximum absolute atomic E-state index is 13.1. The van der Waals surface area contributed by atoms with Crippen molar-refractivity contribution in [1.29, 1.82) is 5.26 Å². The summed E-state index contributed by atoms with van der Waals surface area (Å²) in [6.45, 7) is 3.25. The minimum Gasteiger partial charge on any atom is -0.463 e. The lowest BCUT2D eigenvalue weighted by Crippen LogP contribution is -2.29. The molecule has 0 aliphatic rings. The van der Waals surface area contributed by atoms with E-state index in [0.717, 1.165) is 0 Å². The molecule has 0 aliphatic carbocycles. The van der Waals surface area contributed by atoms with Gasteiger partial charge in [0.1, 0.15) is 6.07 Å². The molecule has 2 aromatic heterocycles. The lowest BCUT2D eigenvalue weighted by Gasteiger charge is -2.17. The second kappa shape index (κ2) is 9.61. The summed E-state index contributed by atoms with van der Waals surface area (Å²) in [6, 6.07) is 4.21. The Morgan fingerprint density at radius 2 is 1.77 bits per heavy atom. The summed E-state index contributed by atoms with van der Waals surface area (Å²) in [6.07, 6.45) is -8.95. The van der Waals surface area contributed by atoms with Crippen LogP contribution in [0, 0.1) is 11.3 Å². The zero-order chi connectivity index (χ0) is 26.0. The van der Waals surface area contributed by atoms with Gasteiger partial charge in [0.25, 0.3) is 5.91 Å². The number of hydrogen-bond donors (Lipinski definition) is 1. The topological polar surface area (TPSA) is 106 Å². The van der Waals surface area contributed by atoms with Crippen LogP contribution in [-0.4, -0.2) is 32.3 Å². The molecule has 1 N–H and O–H groups in total. The monoisotopic (exact) mass is 498 g/mol. The van der Waals surface area contributed by atoms with E-state index in [0.29, 0.717) is 12.1 Å². The van der Waals surface area contributed by atoms with Crippen LogP contribution in [0.3, 0.4) is 0 Å². The molecule has 0 saturated carbocycles. The van der Waals surface area contributed by atoms with Crippen LogP contribution in [-0.2, 0) is 12.4 Å². The first-order valence-corrected chi connectivity index (χ1v) is 9.90. The molecule has 1 aromatic carbocycles. The highest BCUT2D eigenvalue weighted by atomic mass is 19.4. The Bertz CT molecular complexity index is 1230. The van der Waals surface area contributed by atoms with E-state index >= 15 is 0 Å². The van der Waals surface area contributed by atoms with E-state index in [1.165, 1.54) is 29.9 Å². The Morgan fingerprint density at radius 3 is 2.26 bits per heavy atom. The Labute approximate surface area is 194 Å². The van der Waals surface area contributed by atoms with Gasteiger partial charge in [-0.1, -0.05) is 0 Å². The van der Waals surface area contributed by atoms with Gasteiger partial charge in [0.05, 0.1) is 29.3 Å². The van der Waals surface area contributed by atoms with Crippen LogP contribution in [0.1, 0.15) is 52.8 Å². The van der Waals surface area contributed by atoms with Gasteiger partial charge in [0.2, 0.25) is 0 Å². The molecule has 1 atom stereocenters. The van der Waals surface area contributed by atoms with E-state index in [4.69, 9.17) is 10.00 Å². The second-order valence-electron chi connectivity index (χ2n) is 7.10. The number of pyridine rings is 1. The van der Waals surface area contributed by atoms with Gasteiger partial charge >= 0.3 is 18.4 Å². The van der Waals surface area contributed by atoms with Crippen LogP contribution in [0.4, 0.5) is 26.3 Å². The normalized spacial score (nSPS) is 12.7. The molecule has 3 rings (SSSR count). The summed E-state index contributed by atoms with van der Waals surface area (Å²) in [5.41, 5.74) is -3.82. The number of nitriles is 1. The highest BCUT2D eigenvalue weighted by Gasteiger charge is 2.37. The number of nitrogens with one attached hydrogen (secondary N) is 1. The van der Waals surface area contributed by atoms with Crippen molar-refractivity contribution in [3.8, 4) is 17.9 Å². The van der Waals surface area contributed by atoms with Gasteiger partial charge in [0.15, 0.2) is 11.6 Å². The fourth-order valence-corrected chi connectivity index (χ4v) is 2.95. The van der Waals surface area contributed by atoms with E-state index in [-0.39, 0.29) is 35.9 Å². The summed E-state index contributed by atoms with van der Waals surface area (Å²) in [5.74, 6) is -0.992. The van der Waals surface area contributed by atoms with Gasteiger partial charge in [-0.15, -0.1) is 5.10 Å². The zero-order valence-corrected chi connectivity index (χ0v) is 18.1. The number of benzene rings is 1. The molecule has 0 bridgehead atoms. The Kier molecular flexibility index (Phi) is 6.99. The molecule has 0 radical (unpaired) electrons. The van der Waals surface area contributed by atoms with Crippen molar-refractivity contribution in [2.75, 3.05) is 6.61 Å². The van der Waals surface area contributed by atoms with Crippen LogP contribution >= 0.6 is 0 Å². The van der Waals surface area contributed by atoms with E-state index < -0.39 is 41.0 Å². The van der Waals surface area contributed by atoms with Crippen molar-refractivity contribution in [1.82, 2.24) is 25.1 Å². The molecule has 2 heterocycles. The molecule has 0 fully saturated rings. The summed E-state index contributed by atoms with van der Waals surface area (Å²) < 4.78 is 85.2. The standard InChI is InChI=1S/C21H16F6N6O2/c1-3-35-19-31-17(33(32-19)16-5-4-12(9-28)10-29-16)11(2)30-18(34)13-6-14(20(22,23)24)8-15(7-13)21(25,26)27/h4-8,10-11H,3H2,1-2H3,(H,30,34)/t11-/m0/s1. The largest absolute Gasteiger partial charge is 0.463 e. The molecule has 14 heteroatoms. The third-order valence-electron chi connectivity index (χ3n) is 4.56. The summed E-state index contributed by atoms with van der Waals surface area (Å²) in [5, 5.41) is 15.4. The third kappa shape index (κ3) is 5.86. The van der Waals surface area contributed by atoms with Crippen molar-refractivity contribution in [3.05, 3.63) is 64.6 Å². The predicted molar refractivity (Wildman–Crippen MR) is 107 cm³/mol. The molecule has 0 aliphatic heterocycles. The van der Waals surface area contributed by atoms with Gasteiger partial charge in [-0.05, 0) is 44.2 Å². The molecule has 35 heavy (non-hydrogen) atoms. The molecular formula is C21H16F6N6O2. The fourth-order valence-electron chi connectivity index (χ4n) is 2.95. The number of alkyl halides is 6. The van der Waals surface area contributed by atoms with Crippen molar-refractivity contribution in [3.63, 3.8) is 0 Å². The van der Waals surface area contributed by atoms with Gasteiger partial charge in [-0.25, -0.2) is 4.98 Å². The average Bonchev–Trinajstić information content (AvgIpc) is 3.22. The average molecular weight is 498 g/mol. The predicted octanol–water partition coefficient (Wildman–Crippen LogP) is 4.46. The van der Waals surface area contributed by atoms with E-state index in [9.17, 15) is 31.1 Å². The summed E-state index contributed by atoms with van der Waals surface area (Å²) >= 11 is 0. The number of rotatable bonds is 6. The van der Waals surface area contributed by atoms with Crippen LogP contribution < -0.4 is 10.1 Å². The lowest BCUT2D eigenvalue weighted by atomic mass is 10.0. The minimum absolute atomic E-state index is 0.0297. The third-order valence-corrected chi connectivity index (χ3v) is 4.56. The molecular weight excluding hydrogens is 482 g/mol. The number of ether oxygens (including phenoxy) is 1. The maximum Gasteiger partial charge on any atom is 0.416 e. The van der Waals surface area contributed by atoms with Crippen molar-refractivity contribution in [2.24, 2.45) is 0 Å². The number of hydrogen-bond acceptors (Lipinski definition) is 6. The number of carbonyl (C=O) groups excluding carboxylic acids is 1. The molecule has 184 valence electrons. The SMILES string of the molecule is CCOc1nc([C@H](C)NC(=O)c2cc(C(F)(F)F)cc(C(F)(F)F)c2)n(-c2ccc(C#N)cn2)n1. The smallest absolute Gasteiger partial charge is 0.416 e. The number of amides is 1. The van der Waals surface area contributed by atoms with Crippen molar-refractivity contribution in [2.45, 2.75) is 32.2 Å². The summed E-state index contributed by atoms with van der Waals surface area (Å²) in [4.78, 5) is 20.9. The maximum atomic E-state index is 13.1. The van der Waals surface area contributed by atoms with Gasteiger partial charge in [0, 0.05) is 11.8 Å². The van der Waals surface area contributed by atoms with E-state index in [1.807, 2.05) is 6.07 Å². The Balaban J connectivity index is 1.97. The molecule has 8 nitrogen and oxygen atoms in total. The fraction of sp³-hybridized carbons (Fsp3) is 0.286. The first-order chi connectivity index (χ1) is 16.3. The highest BCUT2D eigenvalue weighted by molar-refractivity contribution is 5.94. The number of carbonyl (C=O) groups is 1. The van der Waals surface area contributed by atoms with Gasteiger partial charge in [-0.3, -0.25) is 4.79 Å². The molecule has 1 amide bonds. The lowest BCUT2D eigenvalue weighted by molar-refractivity contribution is -0.143. The van der Waals surface area contributed by atoms with Crippen molar-refractivity contribution < 1.29 is 35.9 Å². The highest BCUT2D eigenvalue weighted by Crippen LogP contribution is 2.36. The van der Waals surface area contributed by atoms with Crippen LogP contribution in [0.25, 0.3) is 5.82 Å².